The molecule has 0 aromatic rings. The third-order valence-corrected chi connectivity index (χ3v) is 7.78. The normalized spacial score (nSPS) is 13.3. The molecule has 0 saturated heterocycles. The van der Waals surface area contributed by atoms with Gasteiger partial charge < -0.3 is 15.5 Å². The smallest absolute Gasteiger partial charge is 0.220 e. The van der Waals surface area contributed by atoms with Gasteiger partial charge in [0.05, 0.1) is 18.8 Å². The Morgan fingerprint density at radius 3 is 1.47 bits per heavy atom. The zero-order chi connectivity index (χ0) is 27.9. The predicted molar refractivity (Wildman–Crippen MR) is 166 cm³/mol. The van der Waals surface area contributed by atoms with Crippen LogP contribution >= 0.6 is 0 Å². The summed E-state index contributed by atoms with van der Waals surface area (Å²) in [6.07, 6.45) is 35.4. The van der Waals surface area contributed by atoms with Crippen LogP contribution < -0.4 is 5.32 Å². The van der Waals surface area contributed by atoms with Crippen molar-refractivity contribution in [2.24, 2.45) is 0 Å². The number of allylic oxidation sites excluding steroid dienone is 2. The Balaban J connectivity index is 3.59. The van der Waals surface area contributed by atoms with E-state index in [1.807, 2.05) is 0 Å². The predicted octanol–water partition coefficient (Wildman–Crippen LogP) is 9.56. The van der Waals surface area contributed by atoms with E-state index in [2.05, 4.69) is 31.3 Å². The zero-order valence-corrected chi connectivity index (χ0v) is 25.7. The highest BCUT2D eigenvalue weighted by molar-refractivity contribution is 5.76. The second-order valence-corrected chi connectivity index (χ2v) is 11.6. The molecule has 38 heavy (non-hydrogen) atoms. The molecule has 3 N–H and O–H groups in total. The quantitative estimate of drug-likeness (QED) is 0.0631. The van der Waals surface area contributed by atoms with E-state index in [1.54, 1.807) is 0 Å². The number of hydrogen-bond acceptors (Lipinski definition) is 3. The van der Waals surface area contributed by atoms with Crippen molar-refractivity contribution in [2.75, 3.05) is 6.61 Å². The topological polar surface area (TPSA) is 69.6 Å². The first kappa shape index (κ1) is 37.1. The van der Waals surface area contributed by atoms with E-state index in [4.69, 9.17) is 0 Å². The zero-order valence-electron chi connectivity index (χ0n) is 25.7. The largest absolute Gasteiger partial charge is 0.394 e. The van der Waals surface area contributed by atoms with Crippen LogP contribution in [0.1, 0.15) is 181 Å². The van der Waals surface area contributed by atoms with E-state index in [-0.39, 0.29) is 12.5 Å². The molecule has 0 aliphatic heterocycles. The maximum atomic E-state index is 12.3. The number of carbonyl (C=O) groups is 1. The molecular weight excluding hydrogens is 470 g/mol. The molecule has 0 aromatic carbocycles. The van der Waals surface area contributed by atoms with Crippen molar-refractivity contribution < 1.29 is 15.0 Å². The monoisotopic (exact) mass is 538 g/mol. The minimum absolute atomic E-state index is 0.0422. The van der Waals surface area contributed by atoms with Gasteiger partial charge in [0, 0.05) is 6.42 Å². The van der Waals surface area contributed by atoms with Gasteiger partial charge in [-0.25, -0.2) is 0 Å². The fourth-order valence-electron chi connectivity index (χ4n) is 5.12. The second kappa shape index (κ2) is 30.7. The van der Waals surface area contributed by atoms with Gasteiger partial charge in [0.1, 0.15) is 0 Å². The Labute approximate surface area is 237 Å². The average molecular weight is 538 g/mol. The molecule has 0 spiro atoms. The minimum atomic E-state index is -0.656. The number of unbranched alkanes of at least 4 members (excludes halogenated alkanes) is 21. The lowest BCUT2D eigenvalue weighted by atomic mass is 10.0. The molecule has 0 saturated carbocycles. The van der Waals surface area contributed by atoms with Crippen molar-refractivity contribution in [1.82, 2.24) is 5.32 Å². The minimum Gasteiger partial charge on any atom is -0.394 e. The molecule has 1 amide bonds. The fourth-order valence-corrected chi connectivity index (χ4v) is 5.12. The number of carbonyl (C=O) groups excluding carboxylic acids is 1. The van der Waals surface area contributed by atoms with Crippen LogP contribution in [0.4, 0.5) is 0 Å². The molecule has 2 atom stereocenters. The van der Waals surface area contributed by atoms with Gasteiger partial charge in [-0.2, -0.15) is 0 Å². The Morgan fingerprint density at radius 2 is 1.00 bits per heavy atom. The lowest BCUT2D eigenvalue weighted by molar-refractivity contribution is -0.123. The number of hydrogen-bond donors (Lipinski definition) is 3. The van der Waals surface area contributed by atoms with Crippen LogP contribution in [-0.4, -0.2) is 34.9 Å². The first-order valence-corrected chi connectivity index (χ1v) is 16.9. The van der Waals surface area contributed by atoms with Crippen molar-refractivity contribution in [3.05, 3.63) is 12.2 Å². The van der Waals surface area contributed by atoms with Crippen LogP contribution in [-0.2, 0) is 4.79 Å². The summed E-state index contributed by atoms with van der Waals surface area (Å²) < 4.78 is 0. The molecule has 226 valence electrons. The fraction of sp³-hybridized carbons (Fsp3) is 0.912. The summed E-state index contributed by atoms with van der Waals surface area (Å²) in [5.74, 6) is -0.0422. The van der Waals surface area contributed by atoms with Crippen molar-refractivity contribution in [3.63, 3.8) is 0 Å². The SMILES string of the molecule is CCCCCC/C=C/CCCCCCCC(=O)N[C@@H](CO)[C@H](O)CCCCCCCCCCCCCCC. The third kappa shape index (κ3) is 26.7. The number of rotatable bonds is 30. The maximum absolute atomic E-state index is 12.3. The molecule has 4 heteroatoms. The molecule has 0 bridgehead atoms. The van der Waals surface area contributed by atoms with Crippen LogP contribution in [0.25, 0.3) is 0 Å². The molecular formula is C34H67NO3. The molecule has 0 rings (SSSR count). The average Bonchev–Trinajstić information content (AvgIpc) is 2.92. The van der Waals surface area contributed by atoms with Gasteiger partial charge in [-0.05, 0) is 38.5 Å². The number of aliphatic hydroxyl groups excluding tert-OH is 2. The van der Waals surface area contributed by atoms with E-state index in [0.717, 1.165) is 25.7 Å². The molecule has 0 aliphatic carbocycles. The summed E-state index contributed by atoms with van der Waals surface area (Å²) >= 11 is 0. The van der Waals surface area contributed by atoms with E-state index >= 15 is 0 Å². The van der Waals surface area contributed by atoms with Crippen LogP contribution in [0.3, 0.4) is 0 Å². The molecule has 0 aromatic heterocycles. The highest BCUT2D eigenvalue weighted by Gasteiger charge is 2.19. The highest BCUT2D eigenvalue weighted by Crippen LogP contribution is 2.14. The Kier molecular flexibility index (Phi) is 30.0. The number of aliphatic hydroxyl groups is 2. The lowest BCUT2D eigenvalue weighted by Gasteiger charge is -2.22. The Hall–Kier alpha value is -0.870. The highest BCUT2D eigenvalue weighted by atomic mass is 16.3. The van der Waals surface area contributed by atoms with Gasteiger partial charge in [0.2, 0.25) is 5.91 Å². The van der Waals surface area contributed by atoms with Crippen molar-refractivity contribution in [2.45, 2.75) is 193 Å². The standard InChI is InChI=1S/C34H67NO3/c1-3-5-7-9-11-13-15-17-19-21-23-25-27-29-33(37)32(31-36)35-34(38)30-28-26-24-22-20-18-16-14-12-10-8-6-4-2/h14,16,32-33,36-37H,3-13,15,17-31H2,1-2H3,(H,35,38)/b16-14+/t32-,33+/m0/s1. The van der Waals surface area contributed by atoms with Crippen LogP contribution in [0, 0.1) is 0 Å². The third-order valence-electron chi connectivity index (χ3n) is 7.78. The van der Waals surface area contributed by atoms with Crippen molar-refractivity contribution in [1.29, 1.82) is 0 Å². The Bertz CT molecular complexity index is 508. The lowest BCUT2D eigenvalue weighted by Crippen LogP contribution is -2.45. The summed E-state index contributed by atoms with van der Waals surface area (Å²) in [7, 11) is 0. The molecule has 0 radical (unpaired) electrons. The second-order valence-electron chi connectivity index (χ2n) is 11.6. The van der Waals surface area contributed by atoms with Gasteiger partial charge in [-0.3, -0.25) is 4.79 Å². The number of nitrogens with one attached hydrogen (secondary N) is 1. The van der Waals surface area contributed by atoms with Gasteiger partial charge in [0.25, 0.3) is 0 Å². The van der Waals surface area contributed by atoms with Gasteiger partial charge in [0.15, 0.2) is 0 Å². The van der Waals surface area contributed by atoms with Crippen molar-refractivity contribution in [3.8, 4) is 0 Å². The van der Waals surface area contributed by atoms with E-state index in [0.29, 0.717) is 12.8 Å². The van der Waals surface area contributed by atoms with E-state index in [9.17, 15) is 15.0 Å². The summed E-state index contributed by atoms with van der Waals surface area (Å²) in [6, 6.07) is -0.534. The summed E-state index contributed by atoms with van der Waals surface area (Å²) in [5.41, 5.74) is 0. The first-order chi connectivity index (χ1) is 18.7. The van der Waals surface area contributed by atoms with Gasteiger partial charge in [-0.1, -0.05) is 148 Å². The van der Waals surface area contributed by atoms with Crippen LogP contribution in [0.2, 0.25) is 0 Å². The summed E-state index contributed by atoms with van der Waals surface area (Å²) in [5, 5.41) is 23.0. The molecule has 4 nitrogen and oxygen atoms in total. The molecule has 0 unspecified atom stereocenters. The van der Waals surface area contributed by atoms with E-state index in [1.165, 1.54) is 128 Å². The number of amides is 1. The maximum Gasteiger partial charge on any atom is 0.220 e. The van der Waals surface area contributed by atoms with E-state index < -0.39 is 12.1 Å². The first-order valence-electron chi connectivity index (χ1n) is 16.9. The van der Waals surface area contributed by atoms with Crippen LogP contribution in [0.5, 0.6) is 0 Å². The van der Waals surface area contributed by atoms with Gasteiger partial charge in [-0.15, -0.1) is 0 Å². The molecule has 0 fully saturated rings. The summed E-state index contributed by atoms with van der Waals surface area (Å²) in [6.45, 7) is 4.32. The van der Waals surface area contributed by atoms with Gasteiger partial charge >= 0.3 is 0 Å². The van der Waals surface area contributed by atoms with Crippen molar-refractivity contribution >= 4 is 5.91 Å². The summed E-state index contributed by atoms with van der Waals surface area (Å²) in [4.78, 5) is 12.3. The van der Waals surface area contributed by atoms with Crippen LogP contribution in [0.15, 0.2) is 12.2 Å². The molecule has 0 aliphatic rings. The molecule has 0 heterocycles. The Morgan fingerprint density at radius 1 is 0.605 bits per heavy atom.